The molecule has 2 atom stereocenters. The first kappa shape index (κ1) is 14.8. The second kappa shape index (κ2) is 4.95. The summed E-state index contributed by atoms with van der Waals surface area (Å²) in [6, 6.07) is 3.50. The molecule has 118 valence electrons. The van der Waals surface area contributed by atoms with Crippen LogP contribution in [0.5, 0.6) is 11.5 Å². The number of nitro groups is 1. The minimum atomic E-state index is -1.31. The molecule has 7 nitrogen and oxygen atoms in total. The third-order valence-electron chi connectivity index (χ3n) is 4.09. The van der Waals surface area contributed by atoms with Crippen molar-refractivity contribution in [3.05, 3.63) is 33.4 Å². The van der Waals surface area contributed by atoms with E-state index in [-0.39, 0.29) is 23.9 Å². The molecule has 0 N–H and O–H groups in total. The minimum absolute atomic E-state index is 0.0341. The van der Waals surface area contributed by atoms with Gasteiger partial charge in [0.25, 0.3) is 0 Å². The normalized spacial score (nSPS) is 22.5. The van der Waals surface area contributed by atoms with Gasteiger partial charge in [-0.15, -0.1) is 0 Å². The standard InChI is InChI=1S/C15H17NO6/c1-8(17)4-11-9-5-12-13(21-7-20-12)6-10(9)14(22-11)15(2,3)16(18)19/h5-6,11,14H,4,7H2,1-3H3. The molecular formula is C15H17NO6. The summed E-state index contributed by atoms with van der Waals surface area (Å²) < 4.78 is 16.6. The Labute approximate surface area is 127 Å². The molecule has 7 heteroatoms. The Balaban J connectivity index is 2.07. The molecule has 0 radical (unpaired) electrons. The largest absolute Gasteiger partial charge is 0.454 e. The van der Waals surface area contributed by atoms with Crippen LogP contribution in [-0.2, 0) is 9.53 Å². The molecule has 0 saturated carbocycles. The number of hydrogen-bond donors (Lipinski definition) is 0. The fraction of sp³-hybridized carbons (Fsp3) is 0.533. The Kier molecular flexibility index (Phi) is 3.32. The summed E-state index contributed by atoms with van der Waals surface area (Å²) in [5.41, 5.74) is 0.144. The van der Waals surface area contributed by atoms with Gasteiger partial charge in [0.15, 0.2) is 17.6 Å². The van der Waals surface area contributed by atoms with E-state index in [1.54, 1.807) is 12.1 Å². The van der Waals surface area contributed by atoms with Gasteiger partial charge in [0, 0.05) is 25.2 Å². The number of carbonyl (C=O) groups is 1. The maximum absolute atomic E-state index is 11.5. The van der Waals surface area contributed by atoms with Crippen molar-refractivity contribution in [2.75, 3.05) is 6.79 Å². The third kappa shape index (κ3) is 2.21. The number of fused-ring (bicyclic) bond motifs is 2. The first-order valence-corrected chi connectivity index (χ1v) is 7.03. The van der Waals surface area contributed by atoms with E-state index in [0.717, 1.165) is 5.56 Å². The van der Waals surface area contributed by atoms with Gasteiger partial charge in [-0.05, 0) is 30.2 Å². The monoisotopic (exact) mass is 307 g/mol. The van der Waals surface area contributed by atoms with Crippen LogP contribution < -0.4 is 9.47 Å². The highest BCUT2D eigenvalue weighted by molar-refractivity contribution is 5.76. The molecule has 2 heterocycles. The number of hydrogen-bond acceptors (Lipinski definition) is 6. The number of Topliss-reactive ketones (excluding diaryl/α,β-unsaturated/α-hetero) is 1. The zero-order chi connectivity index (χ0) is 16.1. The van der Waals surface area contributed by atoms with Crippen molar-refractivity contribution in [1.82, 2.24) is 0 Å². The van der Waals surface area contributed by atoms with Crippen LogP contribution >= 0.6 is 0 Å². The first-order valence-electron chi connectivity index (χ1n) is 7.03. The first-order chi connectivity index (χ1) is 10.3. The lowest BCUT2D eigenvalue weighted by Crippen LogP contribution is -2.38. The lowest BCUT2D eigenvalue weighted by atomic mass is 9.89. The Hall–Kier alpha value is -2.15. The summed E-state index contributed by atoms with van der Waals surface area (Å²) in [7, 11) is 0. The van der Waals surface area contributed by atoms with E-state index in [0.29, 0.717) is 17.1 Å². The Morgan fingerprint density at radius 3 is 2.45 bits per heavy atom. The summed E-state index contributed by atoms with van der Waals surface area (Å²) in [5, 5.41) is 11.4. The fourth-order valence-corrected chi connectivity index (χ4v) is 2.85. The number of rotatable bonds is 4. The maximum atomic E-state index is 11.5. The van der Waals surface area contributed by atoms with Crippen LogP contribution in [-0.4, -0.2) is 23.0 Å². The van der Waals surface area contributed by atoms with Gasteiger partial charge < -0.3 is 14.2 Å². The van der Waals surface area contributed by atoms with E-state index >= 15 is 0 Å². The molecule has 0 aromatic heterocycles. The molecule has 0 amide bonds. The van der Waals surface area contributed by atoms with Crippen molar-refractivity contribution in [2.45, 2.75) is 44.9 Å². The van der Waals surface area contributed by atoms with Crippen molar-refractivity contribution in [3.63, 3.8) is 0 Å². The second-order valence-electron chi connectivity index (χ2n) is 6.16. The van der Waals surface area contributed by atoms with Crippen molar-refractivity contribution in [3.8, 4) is 11.5 Å². The van der Waals surface area contributed by atoms with Crippen LogP contribution in [0.2, 0.25) is 0 Å². The second-order valence-corrected chi connectivity index (χ2v) is 6.16. The van der Waals surface area contributed by atoms with Crippen molar-refractivity contribution in [2.24, 2.45) is 0 Å². The molecule has 2 aliphatic rings. The molecule has 2 aliphatic heterocycles. The van der Waals surface area contributed by atoms with Crippen molar-refractivity contribution in [1.29, 1.82) is 0 Å². The van der Waals surface area contributed by atoms with Gasteiger partial charge >= 0.3 is 0 Å². The molecule has 1 aromatic rings. The minimum Gasteiger partial charge on any atom is -0.454 e. The topological polar surface area (TPSA) is 87.9 Å². The van der Waals surface area contributed by atoms with Gasteiger partial charge in [0.2, 0.25) is 12.3 Å². The van der Waals surface area contributed by atoms with Gasteiger partial charge in [-0.2, -0.15) is 0 Å². The van der Waals surface area contributed by atoms with Crippen molar-refractivity contribution < 1.29 is 23.9 Å². The zero-order valence-corrected chi connectivity index (χ0v) is 12.6. The highest BCUT2D eigenvalue weighted by atomic mass is 16.7. The molecular weight excluding hydrogens is 290 g/mol. The highest BCUT2D eigenvalue weighted by Gasteiger charge is 2.50. The molecule has 0 fully saturated rings. The van der Waals surface area contributed by atoms with E-state index in [1.165, 1.54) is 20.8 Å². The van der Waals surface area contributed by atoms with E-state index in [1.807, 2.05) is 0 Å². The Morgan fingerprint density at radius 1 is 1.32 bits per heavy atom. The van der Waals surface area contributed by atoms with Crippen LogP contribution in [0.4, 0.5) is 0 Å². The van der Waals surface area contributed by atoms with Crippen molar-refractivity contribution >= 4 is 5.78 Å². The predicted molar refractivity (Wildman–Crippen MR) is 75.5 cm³/mol. The molecule has 3 rings (SSSR count). The number of nitrogens with zero attached hydrogens (tertiary/aromatic N) is 1. The summed E-state index contributed by atoms with van der Waals surface area (Å²) >= 11 is 0. The molecule has 22 heavy (non-hydrogen) atoms. The SMILES string of the molecule is CC(=O)CC1OC(C(C)(C)[N+](=O)[O-])c2cc3c(cc21)OCO3. The number of carbonyl (C=O) groups excluding carboxylic acids is 1. The molecule has 1 aromatic carbocycles. The van der Waals surface area contributed by atoms with Gasteiger partial charge in [0.1, 0.15) is 5.78 Å². The van der Waals surface area contributed by atoms with Gasteiger partial charge in [-0.25, -0.2) is 0 Å². The van der Waals surface area contributed by atoms with Crippen LogP contribution in [0.15, 0.2) is 12.1 Å². The number of ketones is 1. The molecule has 0 saturated heterocycles. The molecule has 0 aliphatic carbocycles. The van der Waals surface area contributed by atoms with Crippen LogP contribution in [0.3, 0.4) is 0 Å². The van der Waals surface area contributed by atoms with E-state index in [4.69, 9.17) is 14.2 Å². The van der Waals surface area contributed by atoms with E-state index in [9.17, 15) is 14.9 Å². The summed E-state index contributed by atoms with van der Waals surface area (Å²) in [4.78, 5) is 22.5. The van der Waals surface area contributed by atoms with Gasteiger partial charge in [0.05, 0.1) is 6.10 Å². The lowest BCUT2D eigenvalue weighted by Gasteiger charge is -2.23. The summed E-state index contributed by atoms with van der Waals surface area (Å²) in [6.07, 6.45) is -1.06. The highest BCUT2D eigenvalue weighted by Crippen LogP contribution is 2.50. The average molecular weight is 307 g/mol. The number of ether oxygens (including phenoxy) is 3. The number of benzene rings is 1. The molecule has 2 unspecified atom stereocenters. The fourth-order valence-electron chi connectivity index (χ4n) is 2.85. The summed E-state index contributed by atoms with van der Waals surface area (Å²) in [5.74, 6) is 1.10. The third-order valence-corrected chi connectivity index (χ3v) is 4.09. The Morgan fingerprint density at radius 2 is 1.91 bits per heavy atom. The predicted octanol–water partition coefficient (Wildman–Crippen LogP) is 2.56. The average Bonchev–Trinajstić information content (AvgIpc) is 3.00. The maximum Gasteiger partial charge on any atom is 0.246 e. The van der Waals surface area contributed by atoms with Crippen LogP contribution in [0.25, 0.3) is 0 Å². The van der Waals surface area contributed by atoms with Gasteiger partial charge in [-0.1, -0.05) is 0 Å². The van der Waals surface area contributed by atoms with E-state index < -0.39 is 17.7 Å². The zero-order valence-electron chi connectivity index (χ0n) is 12.6. The van der Waals surface area contributed by atoms with Crippen LogP contribution in [0, 0.1) is 10.1 Å². The lowest BCUT2D eigenvalue weighted by molar-refractivity contribution is -0.576. The smallest absolute Gasteiger partial charge is 0.246 e. The molecule has 0 bridgehead atoms. The molecule has 0 spiro atoms. The van der Waals surface area contributed by atoms with Crippen LogP contribution in [0.1, 0.15) is 50.5 Å². The van der Waals surface area contributed by atoms with E-state index in [2.05, 4.69) is 0 Å². The van der Waals surface area contributed by atoms with Gasteiger partial charge in [-0.3, -0.25) is 14.9 Å². The Bertz CT molecular complexity index is 654. The summed E-state index contributed by atoms with van der Waals surface area (Å²) in [6.45, 7) is 4.63. The quantitative estimate of drug-likeness (QED) is 0.627.